The van der Waals surface area contributed by atoms with Crippen molar-refractivity contribution < 1.29 is 18.8 Å². The monoisotopic (exact) mass is 465 g/mol. The molecule has 1 atom stereocenters. The summed E-state index contributed by atoms with van der Waals surface area (Å²) in [4.78, 5) is 45.7. The Morgan fingerprint density at radius 3 is 2.32 bits per heavy atom. The summed E-state index contributed by atoms with van der Waals surface area (Å²) in [6.45, 7) is 6.50. The molecule has 0 aromatic heterocycles. The number of benzene rings is 2. The summed E-state index contributed by atoms with van der Waals surface area (Å²) in [6, 6.07) is 11.5. The third kappa shape index (κ3) is 3.77. The number of amides is 3. The molecule has 180 valence electrons. The standard InChI is InChI=1S/C27H32FN3O3/c1-17(2)31-25(33)22-9-7-6-8-21(22)23(26(34)29(4)5)27(31)12-14-30(15-13-27)24(32)20-11-10-19(28)16-18(20)3/h6-11,16-17,23H,12-15H2,1-5H3. The molecule has 3 amide bonds. The quantitative estimate of drug-likeness (QED) is 0.692. The minimum atomic E-state index is -0.727. The van der Waals surface area contributed by atoms with Crippen LogP contribution in [0.1, 0.15) is 64.4 Å². The number of hydrogen-bond acceptors (Lipinski definition) is 3. The van der Waals surface area contributed by atoms with Crippen molar-refractivity contribution in [2.24, 2.45) is 0 Å². The van der Waals surface area contributed by atoms with Crippen molar-refractivity contribution in [1.82, 2.24) is 14.7 Å². The van der Waals surface area contributed by atoms with Gasteiger partial charge < -0.3 is 14.7 Å². The van der Waals surface area contributed by atoms with Crippen LogP contribution in [0.3, 0.4) is 0 Å². The summed E-state index contributed by atoms with van der Waals surface area (Å²) >= 11 is 0. The van der Waals surface area contributed by atoms with Crippen LogP contribution in [0.5, 0.6) is 0 Å². The molecule has 2 aliphatic heterocycles. The highest BCUT2D eigenvalue weighted by Crippen LogP contribution is 2.48. The molecular weight excluding hydrogens is 433 g/mol. The summed E-state index contributed by atoms with van der Waals surface area (Å²) < 4.78 is 13.6. The van der Waals surface area contributed by atoms with Crippen molar-refractivity contribution >= 4 is 17.7 Å². The van der Waals surface area contributed by atoms with E-state index in [1.807, 2.05) is 36.9 Å². The second-order valence-corrected chi connectivity index (χ2v) is 9.88. The van der Waals surface area contributed by atoms with Crippen LogP contribution in [0.25, 0.3) is 0 Å². The SMILES string of the molecule is Cc1cc(F)ccc1C(=O)N1CCC2(CC1)C(C(=O)N(C)C)c1ccccc1C(=O)N2C(C)C. The molecule has 2 aliphatic rings. The van der Waals surface area contributed by atoms with Crippen LogP contribution in [-0.2, 0) is 4.79 Å². The van der Waals surface area contributed by atoms with Gasteiger partial charge in [0.15, 0.2) is 0 Å². The lowest BCUT2D eigenvalue weighted by Crippen LogP contribution is -2.67. The zero-order valence-electron chi connectivity index (χ0n) is 20.5. The lowest BCUT2D eigenvalue weighted by Gasteiger charge is -2.56. The van der Waals surface area contributed by atoms with E-state index < -0.39 is 11.5 Å². The molecule has 4 rings (SSSR count). The van der Waals surface area contributed by atoms with E-state index in [0.29, 0.717) is 42.6 Å². The first kappa shape index (κ1) is 23.9. The topological polar surface area (TPSA) is 60.9 Å². The number of carbonyl (C=O) groups is 3. The maximum absolute atomic E-state index is 13.7. The van der Waals surface area contributed by atoms with Gasteiger partial charge in [-0.15, -0.1) is 0 Å². The lowest BCUT2D eigenvalue weighted by atomic mass is 9.66. The number of piperidine rings is 1. The number of aryl methyl sites for hydroxylation is 1. The van der Waals surface area contributed by atoms with Crippen LogP contribution in [0, 0.1) is 12.7 Å². The van der Waals surface area contributed by atoms with Crippen molar-refractivity contribution in [3.05, 3.63) is 70.5 Å². The third-order valence-electron chi connectivity index (χ3n) is 7.28. The van der Waals surface area contributed by atoms with Crippen molar-refractivity contribution in [2.45, 2.75) is 51.1 Å². The molecule has 2 aromatic rings. The molecule has 1 spiro atoms. The molecule has 2 heterocycles. The van der Waals surface area contributed by atoms with Crippen LogP contribution in [0.2, 0.25) is 0 Å². The van der Waals surface area contributed by atoms with E-state index in [-0.39, 0.29) is 29.6 Å². The molecular formula is C27H32FN3O3. The average Bonchev–Trinajstić information content (AvgIpc) is 2.79. The van der Waals surface area contributed by atoms with Gasteiger partial charge >= 0.3 is 0 Å². The Hall–Kier alpha value is -3.22. The summed E-state index contributed by atoms with van der Waals surface area (Å²) in [7, 11) is 3.48. The van der Waals surface area contributed by atoms with Gasteiger partial charge in [-0.2, -0.15) is 0 Å². The fourth-order valence-corrected chi connectivity index (χ4v) is 5.74. The number of hydrogen-bond donors (Lipinski definition) is 0. The second kappa shape index (κ2) is 8.85. The van der Waals surface area contributed by atoms with Crippen LogP contribution in [0.15, 0.2) is 42.5 Å². The first-order valence-electron chi connectivity index (χ1n) is 11.8. The van der Waals surface area contributed by atoms with Crippen LogP contribution in [0.4, 0.5) is 4.39 Å². The number of likely N-dealkylation sites (tertiary alicyclic amines) is 1. The number of fused-ring (bicyclic) bond motifs is 1. The highest BCUT2D eigenvalue weighted by atomic mass is 19.1. The molecule has 1 unspecified atom stereocenters. The number of nitrogens with zero attached hydrogens (tertiary/aromatic N) is 3. The van der Waals surface area contributed by atoms with E-state index in [4.69, 9.17) is 0 Å². The summed E-state index contributed by atoms with van der Waals surface area (Å²) in [5, 5.41) is 0. The number of rotatable bonds is 3. The Labute approximate surface area is 200 Å². The molecule has 0 bridgehead atoms. The minimum Gasteiger partial charge on any atom is -0.348 e. The average molecular weight is 466 g/mol. The Balaban J connectivity index is 1.74. The van der Waals surface area contributed by atoms with Gasteiger partial charge in [0, 0.05) is 44.4 Å². The van der Waals surface area contributed by atoms with E-state index in [1.54, 1.807) is 36.9 Å². The fraction of sp³-hybridized carbons (Fsp3) is 0.444. The smallest absolute Gasteiger partial charge is 0.254 e. The zero-order valence-corrected chi connectivity index (χ0v) is 20.5. The molecule has 34 heavy (non-hydrogen) atoms. The van der Waals surface area contributed by atoms with Gasteiger partial charge in [-0.25, -0.2) is 4.39 Å². The number of carbonyl (C=O) groups excluding carboxylic acids is 3. The summed E-state index contributed by atoms with van der Waals surface area (Å²) in [5.74, 6) is -1.14. The van der Waals surface area contributed by atoms with Crippen LogP contribution in [-0.4, -0.2) is 71.2 Å². The van der Waals surface area contributed by atoms with E-state index in [9.17, 15) is 18.8 Å². The molecule has 7 heteroatoms. The lowest BCUT2D eigenvalue weighted by molar-refractivity contribution is -0.136. The molecule has 1 saturated heterocycles. The van der Waals surface area contributed by atoms with E-state index in [2.05, 4.69) is 0 Å². The van der Waals surface area contributed by atoms with Gasteiger partial charge in [-0.3, -0.25) is 14.4 Å². The van der Waals surface area contributed by atoms with Crippen molar-refractivity contribution in [1.29, 1.82) is 0 Å². The highest BCUT2D eigenvalue weighted by molar-refractivity contribution is 6.02. The maximum atomic E-state index is 13.7. The second-order valence-electron chi connectivity index (χ2n) is 9.88. The highest BCUT2D eigenvalue weighted by Gasteiger charge is 2.56. The molecule has 1 fully saturated rings. The molecule has 0 saturated carbocycles. The van der Waals surface area contributed by atoms with E-state index >= 15 is 0 Å². The van der Waals surface area contributed by atoms with Crippen molar-refractivity contribution in [3.8, 4) is 0 Å². The summed E-state index contributed by atoms with van der Waals surface area (Å²) in [5.41, 5.74) is 1.68. The first-order chi connectivity index (χ1) is 16.1. The molecule has 0 N–H and O–H groups in total. The van der Waals surface area contributed by atoms with Crippen molar-refractivity contribution in [2.75, 3.05) is 27.2 Å². The molecule has 6 nitrogen and oxygen atoms in total. The Bertz CT molecular complexity index is 1140. The molecule has 2 aromatic carbocycles. The van der Waals surface area contributed by atoms with Gasteiger partial charge in [0.25, 0.3) is 11.8 Å². The molecule has 0 aliphatic carbocycles. The van der Waals surface area contributed by atoms with Gasteiger partial charge in [0.1, 0.15) is 5.82 Å². The van der Waals surface area contributed by atoms with E-state index in [1.165, 1.54) is 18.2 Å². The van der Waals surface area contributed by atoms with Gasteiger partial charge in [-0.1, -0.05) is 18.2 Å². The Morgan fingerprint density at radius 2 is 1.74 bits per heavy atom. The van der Waals surface area contributed by atoms with Gasteiger partial charge in [0.2, 0.25) is 5.91 Å². The largest absolute Gasteiger partial charge is 0.348 e. The Morgan fingerprint density at radius 1 is 1.09 bits per heavy atom. The van der Waals surface area contributed by atoms with Crippen LogP contribution >= 0.6 is 0 Å². The Kier molecular flexibility index (Phi) is 6.23. The summed E-state index contributed by atoms with van der Waals surface area (Å²) in [6.07, 6.45) is 0.975. The van der Waals surface area contributed by atoms with Gasteiger partial charge in [-0.05, 0) is 69.0 Å². The normalized spacial score (nSPS) is 19.4. The van der Waals surface area contributed by atoms with E-state index in [0.717, 1.165) is 5.56 Å². The predicted octanol–water partition coefficient (Wildman–Crippen LogP) is 3.85. The zero-order chi connectivity index (χ0) is 24.8. The number of halogens is 1. The minimum absolute atomic E-state index is 0.0419. The molecule has 0 radical (unpaired) electrons. The maximum Gasteiger partial charge on any atom is 0.254 e. The number of likely N-dealkylation sites (N-methyl/N-ethyl adjacent to an activating group) is 1. The third-order valence-corrected chi connectivity index (χ3v) is 7.28. The van der Waals surface area contributed by atoms with Crippen LogP contribution < -0.4 is 0 Å². The van der Waals surface area contributed by atoms with Gasteiger partial charge in [0.05, 0.1) is 11.5 Å². The fourth-order valence-electron chi connectivity index (χ4n) is 5.74. The predicted molar refractivity (Wildman–Crippen MR) is 128 cm³/mol. The first-order valence-corrected chi connectivity index (χ1v) is 11.8. The van der Waals surface area contributed by atoms with Crippen molar-refractivity contribution in [3.63, 3.8) is 0 Å².